The van der Waals surface area contributed by atoms with Gasteiger partial charge in [0.05, 0.1) is 13.2 Å². The Labute approximate surface area is 269 Å². The molecule has 0 radical (unpaired) electrons. The van der Waals surface area contributed by atoms with Crippen molar-refractivity contribution in [2.45, 2.75) is 213 Å². The molecule has 0 aromatic rings. The van der Waals surface area contributed by atoms with E-state index in [0.717, 1.165) is 31.8 Å². The molecule has 0 saturated carbocycles. The highest BCUT2D eigenvalue weighted by Gasteiger charge is 2.19. The van der Waals surface area contributed by atoms with Crippen LogP contribution in [0.25, 0.3) is 0 Å². The van der Waals surface area contributed by atoms with E-state index in [9.17, 15) is 0 Å². The van der Waals surface area contributed by atoms with Crippen molar-refractivity contribution in [3.05, 3.63) is 0 Å². The third kappa shape index (κ3) is 33.6. The zero-order valence-electron chi connectivity index (χ0n) is 28.4. The van der Waals surface area contributed by atoms with Gasteiger partial charge in [0.1, 0.15) is 0 Å². The van der Waals surface area contributed by atoms with Crippen molar-refractivity contribution in [1.29, 1.82) is 0 Å². The number of hydrogen-bond acceptors (Lipinski definition) is 4. The maximum Gasteiger partial charge on any atom is 0.247 e. The van der Waals surface area contributed by atoms with Crippen molar-refractivity contribution in [2.75, 3.05) is 19.0 Å². The highest BCUT2D eigenvalue weighted by atomic mass is 32.9. The SMILES string of the molecule is CCCCCCCCCCCCOP(=S)(OCCCCCCCCCCCC)SCCCCCCCCCCCC. The van der Waals surface area contributed by atoms with E-state index in [1.54, 1.807) is 0 Å². The molecular formula is C36H75O2PS2. The second-order valence-electron chi connectivity index (χ2n) is 12.5. The fraction of sp³-hybridized carbons (Fsp3) is 1.00. The average molecular weight is 635 g/mol. The summed E-state index contributed by atoms with van der Waals surface area (Å²) in [6.07, 6.45) is 40.9. The van der Waals surface area contributed by atoms with Crippen LogP contribution in [0.5, 0.6) is 0 Å². The summed E-state index contributed by atoms with van der Waals surface area (Å²) in [7, 11) is 0. The lowest BCUT2D eigenvalue weighted by Gasteiger charge is -2.21. The maximum absolute atomic E-state index is 6.35. The summed E-state index contributed by atoms with van der Waals surface area (Å²) >= 11 is 7.89. The Hall–Kier alpha value is 0.920. The topological polar surface area (TPSA) is 18.5 Å². The van der Waals surface area contributed by atoms with Gasteiger partial charge >= 0.3 is 0 Å². The predicted molar refractivity (Wildman–Crippen MR) is 194 cm³/mol. The van der Waals surface area contributed by atoms with Gasteiger partial charge in [-0.1, -0.05) is 206 Å². The van der Waals surface area contributed by atoms with E-state index in [2.05, 4.69) is 20.8 Å². The fourth-order valence-corrected chi connectivity index (χ4v) is 9.97. The largest absolute Gasteiger partial charge is 0.322 e. The van der Waals surface area contributed by atoms with Gasteiger partial charge in [-0.3, -0.25) is 0 Å². The molecule has 0 amide bonds. The molecule has 0 spiro atoms. The Kier molecular flexibility index (Phi) is 36.2. The van der Waals surface area contributed by atoms with E-state index in [1.165, 1.54) is 180 Å². The number of unbranched alkanes of at least 4 members (excludes halogenated alkanes) is 27. The highest BCUT2D eigenvalue weighted by molar-refractivity contribution is 8.67. The van der Waals surface area contributed by atoms with E-state index in [1.807, 2.05) is 11.4 Å². The summed E-state index contributed by atoms with van der Waals surface area (Å²) in [5.74, 6) is 1.10. The van der Waals surface area contributed by atoms with Gasteiger partial charge in [0.15, 0.2) is 0 Å². The van der Waals surface area contributed by atoms with Gasteiger partial charge in [-0.15, -0.1) is 0 Å². The minimum Gasteiger partial charge on any atom is -0.322 e. The molecule has 0 N–H and O–H groups in total. The fourth-order valence-electron chi connectivity index (χ4n) is 5.41. The van der Waals surface area contributed by atoms with Crippen LogP contribution < -0.4 is 0 Å². The monoisotopic (exact) mass is 634 g/mol. The Morgan fingerprint density at radius 3 is 0.902 bits per heavy atom. The minimum atomic E-state index is -2.20. The maximum atomic E-state index is 6.35. The van der Waals surface area contributed by atoms with Crippen LogP contribution >= 0.6 is 17.1 Å². The van der Waals surface area contributed by atoms with Gasteiger partial charge in [-0.2, -0.15) is 0 Å². The van der Waals surface area contributed by atoms with Gasteiger partial charge in [-0.25, -0.2) is 0 Å². The summed E-state index contributed by atoms with van der Waals surface area (Å²) in [5, 5.41) is 0. The van der Waals surface area contributed by atoms with E-state index >= 15 is 0 Å². The smallest absolute Gasteiger partial charge is 0.247 e. The molecule has 0 aromatic heterocycles. The summed E-state index contributed by atoms with van der Waals surface area (Å²) in [6, 6.07) is 0. The van der Waals surface area contributed by atoms with Gasteiger partial charge in [0, 0.05) is 5.75 Å². The molecule has 248 valence electrons. The molecule has 0 fully saturated rings. The van der Waals surface area contributed by atoms with Crippen molar-refractivity contribution >= 4 is 28.9 Å². The molecule has 0 saturated heterocycles. The molecule has 0 unspecified atom stereocenters. The van der Waals surface area contributed by atoms with E-state index in [4.69, 9.17) is 20.9 Å². The van der Waals surface area contributed by atoms with E-state index < -0.39 is 5.69 Å². The van der Waals surface area contributed by atoms with Crippen LogP contribution in [0, 0.1) is 0 Å². The summed E-state index contributed by atoms with van der Waals surface area (Å²) < 4.78 is 12.7. The molecule has 0 heterocycles. The minimum absolute atomic E-state index is 0.789. The van der Waals surface area contributed by atoms with Crippen molar-refractivity contribution < 1.29 is 9.05 Å². The zero-order chi connectivity index (χ0) is 30.0. The van der Waals surface area contributed by atoms with E-state index in [-0.39, 0.29) is 0 Å². The molecule has 41 heavy (non-hydrogen) atoms. The van der Waals surface area contributed by atoms with Crippen LogP contribution in [-0.2, 0) is 20.9 Å². The number of hydrogen-bond donors (Lipinski definition) is 0. The summed E-state index contributed by atoms with van der Waals surface area (Å²) in [4.78, 5) is 0. The number of rotatable bonds is 36. The van der Waals surface area contributed by atoms with Crippen LogP contribution in [0.3, 0.4) is 0 Å². The first kappa shape index (κ1) is 41.9. The van der Waals surface area contributed by atoms with Crippen molar-refractivity contribution in [3.63, 3.8) is 0 Å². The molecule has 0 aliphatic heterocycles. The quantitative estimate of drug-likeness (QED) is 0.0504. The molecule has 0 aliphatic carbocycles. The third-order valence-corrected chi connectivity index (χ3v) is 13.7. The molecule has 0 aromatic carbocycles. The molecular weight excluding hydrogens is 560 g/mol. The van der Waals surface area contributed by atoms with Crippen LogP contribution in [0.4, 0.5) is 0 Å². The molecule has 2 nitrogen and oxygen atoms in total. The van der Waals surface area contributed by atoms with Crippen molar-refractivity contribution in [2.24, 2.45) is 0 Å². The standard InChI is InChI=1S/C36H75O2PS2/c1-4-7-10-13-16-19-22-25-28-31-34-37-39(40,38-35-32-29-26-23-20-17-14-11-8-5-2)41-36-33-30-27-24-21-18-15-12-9-6-3/h4-36H2,1-3H3. The van der Waals surface area contributed by atoms with Gasteiger partial charge in [-0.05, 0) is 31.1 Å². The molecule has 0 atom stereocenters. The Morgan fingerprint density at radius 2 is 0.610 bits per heavy atom. The van der Waals surface area contributed by atoms with Gasteiger partial charge < -0.3 is 9.05 Å². The van der Waals surface area contributed by atoms with E-state index in [0.29, 0.717) is 0 Å². The lowest BCUT2D eigenvalue weighted by atomic mass is 10.1. The molecule has 0 bridgehead atoms. The zero-order valence-corrected chi connectivity index (χ0v) is 30.9. The van der Waals surface area contributed by atoms with Crippen LogP contribution in [0.1, 0.15) is 213 Å². The molecule has 0 aliphatic rings. The second-order valence-corrected chi connectivity index (χ2v) is 18.9. The first-order valence-electron chi connectivity index (χ1n) is 18.7. The lowest BCUT2D eigenvalue weighted by Crippen LogP contribution is -1.98. The van der Waals surface area contributed by atoms with Crippen molar-refractivity contribution in [1.82, 2.24) is 0 Å². The van der Waals surface area contributed by atoms with Gasteiger partial charge in [0.25, 0.3) is 0 Å². The first-order chi connectivity index (χ1) is 20.2. The normalized spacial score (nSPS) is 12.0. The van der Waals surface area contributed by atoms with Crippen molar-refractivity contribution in [3.8, 4) is 0 Å². The highest BCUT2D eigenvalue weighted by Crippen LogP contribution is 2.61. The summed E-state index contributed by atoms with van der Waals surface area (Å²) in [6.45, 7) is 8.46. The molecule has 5 heteroatoms. The van der Waals surface area contributed by atoms with Crippen LogP contribution in [0.15, 0.2) is 0 Å². The average Bonchev–Trinajstić information content (AvgIpc) is 2.97. The van der Waals surface area contributed by atoms with Gasteiger partial charge in [0.2, 0.25) is 5.69 Å². The summed E-state index contributed by atoms with van der Waals surface area (Å²) in [5.41, 5.74) is -2.20. The first-order valence-corrected chi connectivity index (χ1v) is 22.9. The second kappa shape index (κ2) is 35.4. The Balaban J connectivity index is 4.07. The Morgan fingerprint density at radius 1 is 0.366 bits per heavy atom. The Bertz CT molecular complexity index is 460. The van der Waals surface area contributed by atoms with Crippen LogP contribution in [0.2, 0.25) is 0 Å². The lowest BCUT2D eigenvalue weighted by molar-refractivity contribution is 0.249. The van der Waals surface area contributed by atoms with Crippen LogP contribution in [-0.4, -0.2) is 19.0 Å². The molecule has 0 rings (SSSR count). The third-order valence-electron chi connectivity index (χ3n) is 8.24. The predicted octanol–water partition coefficient (Wildman–Crippen LogP) is 14.7.